The monoisotopic (exact) mass is 436 g/mol. The smallest absolute Gasteiger partial charge is 0.247 e. The van der Waals surface area contributed by atoms with Crippen LogP contribution in [0.5, 0.6) is 0 Å². The van der Waals surface area contributed by atoms with Crippen molar-refractivity contribution in [1.29, 1.82) is 0 Å². The number of benzene rings is 2. The molecule has 1 aliphatic rings. The maximum atomic E-state index is 13.1. The van der Waals surface area contributed by atoms with Gasteiger partial charge in [0.1, 0.15) is 5.82 Å². The highest BCUT2D eigenvalue weighted by molar-refractivity contribution is 7.89. The van der Waals surface area contributed by atoms with E-state index in [4.69, 9.17) is 16.0 Å². The topological polar surface area (TPSA) is 79.5 Å². The largest absolute Gasteiger partial charge is 0.419 e. The van der Waals surface area contributed by atoms with Gasteiger partial charge in [-0.05, 0) is 48.5 Å². The number of halogens is 2. The minimum atomic E-state index is -3.63. The summed E-state index contributed by atoms with van der Waals surface area (Å²) < 4.78 is 45.5. The molecule has 0 saturated carbocycles. The molecule has 1 saturated heterocycles. The van der Waals surface area contributed by atoms with Gasteiger partial charge in [-0.2, -0.15) is 4.31 Å². The van der Waals surface area contributed by atoms with Gasteiger partial charge in [0, 0.05) is 36.8 Å². The van der Waals surface area contributed by atoms with Gasteiger partial charge in [-0.15, -0.1) is 10.2 Å². The van der Waals surface area contributed by atoms with Gasteiger partial charge in [0.05, 0.1) is 11.4 Å². The molecule has 0 atom stereocenters. The minimum Gasteiger partial charge on any atom is -0.419 e. The average Bonchev–Trinajstić information content (AvgIpc) is 3.18. The van der Waals surface area contributed by atoms with Gasteiger partial charge in [-0.25, -0.2) is 12.8 Å². The van der Waals surface area contributed by atoms with Crippen molar-refractivity contribution in [2.75, 3.05) is 26.2 Å². The number of nitrogens with zero attached hydrogens (tertiary/aromatic N) is 4. The highest BCUT2D eigenvalue weighted by Gasteiger charge is 2.29. The number of sulfonamides is 1. The van der Waals surface area contributed by atoms with Crippen molar-refractivity contribution >= 4 is 21.6 Å². The van der Waals surface area contributed by atoms with E-state index in [1.165, 1.54) is 16.4 Å². The second kappa shape index (κ2) is 8.19. The summed E-state index contributed by atoms with van der Waals surface area (Å²) in [5, 5.41) is 8.76. The van der Waals surface area contributed by atoms with Crippen LogP contribution in [0.1, 0.15) is 5.89 Å². The van der Waals surface area contributed by atoms with E-state index in [0.29, 0.717) is 49.5 Å². The lowest BCUT2D eigenvalue weighted by atomic mass is 10.2. The van der Waals surface area contributed by atoms with E-state index < -0.39 is 15.8 Å². The summed E-state index contributed by atoms with van der Waals surface area (Å²) in [5.74, 6) is 0.408. The zero-order chi connectivity index (χ0) is 20.4. The molecular weight excluding hydrogens is 419 g/mol. The molecule has 0 spiro atoms. The maximum absolute atomic E-state index is 13.1. The average molecular weight is 437 g/mol. The summed E-state index contributed by atoms with van der Waals surface area (Å²) >= 11 is 5.89. The highest BCUT2D eigenvalue weighted by atomic mass is 35.5. The molecule has 2 aromatic carbocycles. The molecule has 1 aromatic heterocycles. The van der Waals surface area contributed by atoms with Crippen LogP contribution in [0.4, 0.5) is 4.39 Å². The lowest BCUT2D eigenvalue weighted by Crippen LogP contribution is -2.48. The molecule has 0 amide bonds. The maximum Gasteiger partial charge on any atom is 0.247 e. The van der Waals surface area contributed by atoms with Gasteiger partial charge < -0.3 is 4.42 Å². The summed E-state index contributed by atoms with van der Waals surface area (Å²) in [6.45, 7) is 2.15. The van der Waals surface area contributed by atoms with Gasteiger partial charge in [0.25, 0.3) is 0 Å². The van der Waals surface area contributed by atoms with Crippen LogP contribution < -0.4 is 0 Å². The van der Waals surface area contributed by atoms with Gasteiger partial charge >= 0.3 is 0 Å². The minimum absolute atomic E-state index is 0.0943. The van der Waals surface area contributed by atoms with Crippen molar-refractivity contribution in [2.24, 2.45) is 0 Å². The molecule has 0 bridgehead atoms. The van der Waals surface area contributed by atoms with Crippen LogP contribution in [0.3, 0.4) is 0 Å². The summed E-state index contributed by atoms with van der Waals surface area (Å²) in [7, 11) is -3.63. The van der Waals surface area contributed by atoms with Gasteiger partial charge in [0.15, 0.2) is 0 Å². The van der Waals surface area contributed by atoms with Crippen molar-refractivity contribution in [3.63, 3.8) is 0 Å². The Kier molecular flexibility index (Phi) is 5.64. The number of hydrogen-bond acceptors (Lipinski definition) is 6. The highest BCUT2D eigenvalue weighted by Crippen LogP contribution is 2.22. The Morgan fingerprint density at radius 2 is 1.62 bits per heavy atom. The van der Waals surface area contributed by atoms with Crippen molar-refractivity contribution in [1.82, 2.24) is 19.4 Å². The molecule has 1 fully saturated rings. The Hall–Kier alpha value is -2.33. The molecular formula is C19H18ClFN4O3S. The predicted octanol–water partition coefficient (Wildman–Crippen LogP) is 3.04. The van der Waals surface area contributed by atoms with E-state index in [0.717, 1.165) is 17.7 Å². The number of piperazine rings is 1. The second-order valence-corrected chi connectivity index (χ2v) is 9.02. The first-order valence-electron chi connectivity index (χ1n) is 8.98. The lowest BCUT2D eigenvalue weighted by Gasteiger charge is -2.33. The van der Waals surface area contributed by atoms with Crippen LogP contribution in [0.15, 0.2) is 57.8 Å². The van der Waals surface area contributed by atoms with Crippen LogP contribution in [-0.4, -0.2) is 54.0 Å². The molecule has 29 heavy (non-hydrogen) atoms. The van der Waals surface area contributed by atoms with Crippen LogP contribution in [0.2, 0.25) is 5.02 Å². The molecule has 0 aliphatic carbocycles. The van der Waals surface area contributed by atoms with Crippen molar-refractivity contribution in [3.8, 4) is 11.5 Å². The van der Waals surface area contributed by atoms with E-state index in [2.05, 4.69) is 15.1 Å². The molecule has 10 heteroatoms. The van der Waals surface area contributed by atoms with E-state index >= 15 is 0 Å². The standard InChI is InChI=1S/C19H18ClFN4O3S/c20-15-3-1-14(2-4-15)19-23-22-18(28-19)13-24-9-11-25(12-10-24)29(26,27)17-7-5-16(21)6-8-17/h1-8H,9-13H2. The first-order chi connectivity index (χ1) is 13.9. The fourth-order valence-electron chi connectivity index (χ4n) is 3.10. The zero-order valence-corrected chi connectivity index (χ0v) is 16.9. The third-order valence-corrected chi connectivity index (χ3v) is 6.86. The first kappa shape index (κ1) is 20.0. The molecule has 0 N–H and O–H groups in total. The molecule has 0 radical (unpaired) electrons. The fraction of sp³-hybridized carbons (Fsp3) is 0.263. The summed E-state index contributed by atoms with van der Waals surface area (Å²) in [6.07, 6.45) is 0. The Morgan fingerprint density at radius 3 is 2.28 bits per heavy atom. The van der Waals surface area contributed by atoms with Crippen molar-refractivity contribution in [3.05, 3.63) is 65.3 Å². The Labute approximate surface area is 172 Å². The third-order valence-electron chi connectivity index (χ3n) is 4.70. The fourth-order valence-corrected chi connectivity index (χ4v) is 4.65. The molecule has 1 aliphatic heterocycles. The third kappa shape index (κ3) is 4.48. The summed E-state index contributed by atoms with van der Waals surface area (Å²) in [5.41, 5.74) is 0.781. The van der Waals surface area contributed by atoms with E-state index in [1.807, 2.05) is 0 Å². The zero-order valence-electron chi connectivity index (χ0n) is 15.3. The Bertz CT molecular complexity index is 1080. The molecule has 152 valence electrons. The van der Waals surface area contributed by atoms with Crippen molar-refractivity contribution < 1.29 is 17.2 Å². The Morgan fingerprint density at radius 1 is 0.966 bits per heavy atom. The van der Waals surface area contributed by atoms with Gasteiger partial charge in [0.2, 0.25) is 21.8 Å². The first-order valence-corrected chi connectivity index (χ1v) is 10.8. The predicted molar refractivity (Wildman–Crippen MR) is 105 cm³/mol. The second-order valence-electron chi connectivity index (χ2n) is 6.64. The van der Waals surface area contributed by atoms with E-state index in [-0.39, 0.29) is 4.90 Å². The van der Waals surface area contributed by atoms with Crippen LogP contribution in [0.25, 0.3) is 11.5 Å². The number of hydrogen-bond donors (Lipinski definition) is 0. The molecule has 0 unspecified atom stereocenters. The summed E-state index contributed by atoms with van der Waals surface area (Å²) in [6, 6.07) is 12.0. The van der Waals surface area contributed by atoms with Gasteiger partial charge in [-0.1, -0.05) is 11.6 Å². The lowest BCUT2D eigenvalue weighted by molar-refractivity contribution is 0.168. The van der Waals surface area contributed by atoms with Crippen LogP contribution >= 0.6 is 11.6 Å². The molecule has 3 aromatic rings. The Balaban J connectivity index is 1.37. The quantitative estimate of drug-likeness (QED) is 0.611. The molecule has 2 heterocycles. The van der Waals surface area contributed by atoms with E-state index in [1.54, 1.807) is 24.3 Å². The van der Waals surface area contributed by atoms with Crippen LogP contribution in [-0.2, 0) is 16.6 Å². The molecule has 7 nitrogen and oxygen atoms in total. The molecule has 4 rings (SSSR count). The summed E-state index contributed by atoms with van der Waals surface area (Å²) in [4.78, 5) is 2.15. The SMILES string of the molecule is O=S(=O)(c1ccc(F)cc1)N1CCN(Cc2nnc(-c3ccc(Cl)cc3)o2)CC1. The number of rotatable bonds is 5. The van der Waals surface area contributed by atoms with Crippen LogP contribution in [0, 0.1) is 5.82 Å². The normalized spacial score (nSPS) is 16.2. The number of aromatic nitrogens is 2. The van der Waals surface area contributed by atoms with E-state index in [9.17, 15) is 12.8 Å². The van der Waals surface area contributed by atoms with Crippen molar-refractivity contribution in [2.45, 2.75) is 11.4 Å². The van der Waals surface area contributed by atoms with Gasteiger partial charge in [-0.3, -0.25) is 4.90 Å².